The van der Waals surface area contributed by atoms with Crippen molar-refractivity contribution in [1.29, 1.82) is 0 Å². The van der Waals surface area contributed by atoms with Gasteiger partial charge in [-0.25, -0.2) is 0 Å². The van der Waals surface area contributed by atoms with Gasteiger partial charge in [-0.05, 0) is 27.7 Å². The average Bonchev–Trinajstić information content (AvgIpc) is 2.16. The van der Waals surface area contributed by atoms with E-state index in [4.69, 9.17) is 0 Å². The number of piperazine rings is 1. The van der Waals surface area contributed by atoms with Gasteiger partial charge < -0.3 is 0 Å². The van der Waals surface area contributed by atoms with E-state index >= 15 is 0 Å². The van der Waals surface area contributed by atoms with Crippen LogP contribution in [0.25, 0.3) is 0 Å². The van der Waals surface area contributed by atoms with Gasteiger partial charge in [0, 0.05) is 38.3 Å². The molecule has 96 valence electrons. The van der Waals surface area contributed by atoms with Crippen LogP contribution in [0.2, 0.25) is 0 Å². The molecule has 0 amide bonds. The lowest BCUT2D eigenvalue weighted by atomic mass is 10.3. The van der Waals surface area contributed by atoms with Gasteiger partial charge in [-0.3, -0.25) is 4.90 Å². The number of nitrogens with zero attached hydrogens (tertiary/aromatic N) is 2. The normalized spacial score (nSPS) is 20.9. The number of rotatable bonds is 4. The van der Waals surface area contributed by atoms with Crippen molar-refractivity contribution in [3.63, 3.8) is 0 Å². The molecule has 1 heterocycles. The monoisotopic (exact) mass is 249 g/mol. The maximum atomic E-state index is 11.9. The summed E-state index contributed by atoms with van der Waals surface area (Å²) in [5, 5.41) is 0. The van der Waals surface area contributed by atoms with Crippen molar-refractivity contribution in [2.45, 2.75) is 39.8 Å². The minimum atomic E-state index is -3.28. The Morgan fingerprint density at radius 2 is 1.50 bits per heavy atom. The molecular weight excluding hydrogens is 226 g/mol. The summed E-state index contributed by atoms with van der Waals surface area (Å²) in [7, 11) is -3.28. The highest BCUT2D eigenvalue weighted by Crippen LogP contribution is 2.09. The topological polar surface area (TPSA) is 52.7 Å². The summed E-state index contributed by atoms with van der Waals surface area (Å²) in [4.78, 5) is 2.29. The molecule has 0 radical (unpaired) electrons. The molecule has 16 heavy (non-hydrogen) atoms. The van der Waals surface area contributed by atoms with Crippen LogP contribution in [0.1, 0.15) is 27.7 Å². The van der Waals surface area contributed by atoms with E-state index in [9.17, 15) is 8.42 Å². The molecule has 5 nitrogen and oxygen atoms in total. The van der Waals surface area contributed by atoms with Crippen LogP contribution in [0.5, 0.6) is 0 Å². The molecule has 1 aliphatic heterocycles. The second-order valence-corrected chi connectivity index (χ2v) is 6.51. The molecular formula is C10H23N3O2S. The van der Waals surface area contributed by atoms with E-state index in [1.165, 1.54) is 4.31 Å². The first-order valence-electron chi connectivity index (χ1n) is 5.84. The predicted octanol–water partition coefficient (Wildman–Crippen LogP) is 0.255. The Morgan fingerprint density at radius 3 is 1.88 bits per heavy atom. The van der Waals surface area contributed by atoms with Crippen molar-refractivity contribution in [3.05, 3.63) is 0 Å². The minimum absolute atomic E-state index is 0.0480. The van der Waals surface area contributed by atoms with E-state index in [0.717, 1.165) is 13.1 Å². The van der Waals surface area contributed by atoms with Gasteiger partial charge in [0.05, 0.1) is 0 Å². The average molecular weight is 249 g/mol. The Balaban J connectivity index is 2.53. The SMILES string of the molecule is CC(C)NS(=O)(=O)N1CCN(C(C)C)CC1. The zero-order chi connectivity index (χ0) is 12.3. The summed E-state index contributed by atoms with van der Waals surface area (Å²) in [5.41, 5.74) is 0. The first-order chi connectivity index (χ1) is 7.33. The lowest BCUT2D eigenvalue weighted by molar-refractivity contribution is 0.153. The van der Waals surface area contributed by atoms with E-state index in [0.29, 0.717) is 19.1 Å². The van der Waals surface area contributed by atoms with Crippen LogP contribution in [-0.2, 0) is 10.2 Å². The second-order valence-electron chi connectivity index (χ2n) is 4.81. The molecule has 0 spiro atoms. The summed E-state index contributed by atoms with van der Waals surface area (Å²) >= 11 is 0. The molecule has 1 N–H and O–H groups in total. The van der Waals surface area contributed by atoms with Crippen LogP contribution in [0.4, 0.5) is 0 Å². The highest BCUT2D eigenvalue weighted by Gasteiger charge is 2.27. The van der Waals surface area contributed by atoms with Crippen LogP contribution in [0.15, 0.2) is 0 Å². The van der Waals surface area contributed by atoms with Crippen LogP contribution in [-0.4, -0.2) is 55.9 Å². The van der Waals surface area contributed by atoms with Crippen LogP contribution < -0.4 is 4.72 Å². The standard InChI is InChI=1S/C10H23N3O2S/c1-9(2)11-16(14,15)13-7-5-12(6-8-13)10(3)4/h9-11H,5-8H2,1-4H3. The fourth-order valence-electron chi connectivity index (χ4n) is 1.83. The Morgan fingerprint density at radius 1 is 1.00 bits per heavy atom. The Labute approximate surface area is 99.0 Å². The first-order valence-corrected chi connectivity index (χ1v) is 7.28. The van der Waals surface area contributed by atoms with Gasteiger partial charge in [0.1, 0.15) is 0 Å². The molecule has 0 bridgehead atoms. The number of hydrogen-bond donors (Lipinski definition) is 1. The van der Waals surface area contributed by atoms with Crippen LogP contribution >= 0.6 is 0 Å². The van der Waals surface area contributed by atoms with Crippen LogP contribution in [0.3, 0.4) is 0 Å². The smallest absolute Gasteiger partial charge is 0.279 e. The molecule has 0 aromatic rings. The summed E-state index contributed by atoms with van der Waals surface area (Å²) in [6.45, 7) is 10.7. The van der Waals surface area contributed by atoms with E-state index < -0.39 is 10.2 Å². The van der Waals surface area contributed by atoms with Gasteiger partial charge in [-0.1, -0.05) is 0 Å². The van der Waals surface area contributed by atoms with Gasteiger partial charge in [0.15, 0.2) is 0 Å². The Hall–Kier alpha value is -0.170. The van der Waals surface area contributed by atoms with Gasteiger partial charge >= 0.3 is 0 Å². The highest BCUT2D eigenvalue weighted by molar-refractivity contribution is 7.87. The molecule has 0 aromatic carbocycles. The third-order valence-electron chi connectivity index (χ3n) is 2.73. The van der Waals surface area contributed by atoms with Crippen LogP contribution in [0, 0.1) is 0 Å². The maximum Gasteiger partial charge on any atom is 0.279 e. The predicted molar refractivity (Wildman–Crippen MR) is 65.5 cm³/mol. The maximum absolute atomic E-state index is 11.9. The van der Waals surface area contributed by atoms with E-state index in [-0.39, 0.29) is 6.04 Å². The van der Waals surface area contributed by atoms with Gasteiger partial charge in [0.25, 0.3) is 10.2 Å². The quantitative estimate of drug-likeness (QED) is 0.777. The molecule has 1 rings (SSSR count). The summed E-state index contributed by atoms with van der Waals surface area (Å²) < 4.78 is 27.9. The number of nitrogens with one attached hydrogen (secondary N) is 1. The first kappa shape index (κ1) is 13.9. The third-order valence-corrected chi connectivity index (χ3v) is 4.54. The van der Waals surface area contributed by atoms with Crippen molar-refractivity contribution in [2.24, 2.45) is 0 Å². The fraction of sp³-hybridized carbons (Fsp3) is 1.00. The lowest BCUT2D eigenvalue weighted by Gasteiger charge is -2.36. The summed E-state index contributed by atoms with van der Waals surface area (Å²) in [6, 6.07) is 0.441. The van der Waals surface area contributed by atoms with Gasteiger partial charge in [0.2, 0.25) is 0 Å². The zero-order valence-electron chi connectivity index (χ0n) is 10.6. The summed E-state index contributed by atoms with van der Waals surface area (Å²) in [5.74, 6) is 0. The molecule has 6 heteroatoms. The summed E-state index contributed by atoms with van der Waals surface area (Å²) in [6.07, 6.45) is 0. The van der Waals surface area contributed by atoms with Crippen molar-refractivity contribution >= 4 is 10.2 Å². The molecule has 0 atom stereocenters. The van der Waals surface area contributed by atoms with Gasteiger partial charge in [-0.2, -0.15) is 17.4 Å². The fourth-order valence-corrected chi connectivity index (χ4v) is 3.22. The van der Waals surface area contributed by atoms with E-state index in [1.807, 2.05) is 13.8 Å². The van der Waals surface area contributed by atoms with Crippen molar-refractivity contribution in [1.82, 2.24) is 13.9 Å². The molecule has 0 unspecified atom stereocenters. The molecule has 0 aromatic heterocycles. The van der Waals surface area contributed by atoms with E-state index in [1.54, 1.807) is 0 Å². The van der Waals surface area contributed by atoms with Gasteiger partial charge in [-0.15, -0.1) is 0 Å². The molecule has 1 aliphatic rings. The minimum Gasteiger partial charge on any atom is -0.298 e. The highest BCUT2D eigenvalue weighted by atomic mass is 32.2. The van der Waals surface area contributed by atoms with Crippen molar-refractivity contribution in [3.8, 4) is 0 Å². The Kier molecular flexibility index (Phi) is 4.73. The largest absolute Gasteiger partial charge is 0.298 e. The van der Waals surface area contributed by atoms with Crippen molar-refractivity contribution in [2.75, 3.05) is 26.2 Å². The molecule has 1 fully saturated rings. The van der Waals surface area contributed by atoms with Crippen molar-refractivity contribution < 1.29 is 8.42 Å². The lowest BCUT2D eigenvalue weighted by Crippen LogP contribution is -2.54. The molecule has 0 aliphatic carbocycles. The zero-order valence-corrected chi connectivity index (χ0v) is 11.4. The second kappa shape index (κ2) is 5.44. The third kappa shape index (κ3) is 3.69. The number of hydrogen-bond acceptors (Lipinski definition) is 3. The Bertz CT molecular complexity index is 306. The molecule has 1 saturated heterocycles. The van der Waals surface area contributed by atoms with E-state index in [2.05, 4.69) is 23.5 Å². The molecule has 0 saturated carbocycles.